The highest BCUT2D eigenvalue weighted by molar-refractivity contribution is 7.16. The van der Waals surface area contributed by atoms with Crippen molar-refractivity contribution in [1.82, 2.24) is 0 Å². The van der Waals surface area contributed by atoms with E-state index in [0.29, 0.717) is 10.6 Å². The minimum atomic E-state index is 0.583. The summed E-state index contributed by atoms with van der Waals surface area (Å²) < 4.78 is 0. The first-order valence-corrected chi connectivity index (χ1v) is 5.96. The van der Waals surface area contributed by atoms with E-state index in [1.807, 2.05) is 14.0 Å². The number of hydrogen-bond acceptors (Lipinski definition) is 4. The molecular formula is C11H19N3S. The Balaban J connectivity index is 0.000000583. The number of thiophene rings is 1. The molecule has 1 aromatic heterocycles. The molecule has 0 spiro atoms. The molecule has 1 rings (SSSR count). The van der Waals surface area contributed by atoms with Crippen LogP contribution in [0.15, 0.2) is 0 Å². The number of rotatable bonds is 2. The Morgan fingerprint density at radius 2 is 1.93 bits per heavy atom. The van der Waals surface area contributed by atoms with Crippen LogP contribution in [0.3, 0.4) is 0 Å². The van der Waals surface area contributed by atoms with Crippen LogP contribution in [0.4, 0.5) is 10.7 Å². The highest BCUT2D eigenvalue weighted by Gasteiger charge is 2.12. The van der Waals surface area contributed by atoms with E-state index >= 15 is 0 Å². The number of nitrogen functional groups attached to an aromatic ring is 1. The summed E-state index contributed by atoms with van der Waals surface area (Å²) in [7, 11) is 1.81. The number of hydrogen-bond donors (Lipinski definition) is 2. The van der Waals surface area contributed by atoms with Crippen LogP contribution >= 0.6 is 11.3 Å². The van der Waals surface area contributed by atoms with E-state index in [4.69, 9.17) is 11.0 Å². The van der Waals surface area contributed by atoms with Gasteiger partial charge in [-0.05, 0) is 6.42 Å². The van der Waals surface area contributed by atoms with Gasteiger partial charge < -0.3 is 11.1 Å². The van der Waals surface area contributed by atoms with E-state index < -0.39 is 0 Å². The van der Waals surface area contributed by atoms with Crippen molar-refractivity contribution in [3.8, 4) is 6.07 Å². The fraction of sp³-hybridized carbons (Fsp3) is 0.545. The second-order valence-corrected chi connectivity index (χ2v) is 4.20. The van der Waals surface area contributed by atoms with Crippen molar-refractivity contribution >= 4 is 22.0 Å². The van der Waals surface area contributed by atoms with Crippen LogP contribution in [0, 0.1) is 11.3 Å². The second kappa shape index (κ2) is 7.13. The van der Waals surface area contributed by atoms with E-state index in [9.17, 15) is 0 Å². The van der Waals surface area contributed by atoms with Crippen LogP contribution in [-0.4, -0.2) is 7.05 Å². The Morgan fingerprint density at radius 1 is 1.40 bits per heavy atom. The van der Waals surface area contributed by atoms with Gasteiger partial charge in [-0.3, -0.25) is 0 Å². The first-order valence-electron chi connectivity index (χ1n) is 5.15. The van der Waals surface area contributed by atoms with Gasteiger partial charge in [-0.25, -0.2) is 0 Å². The third kappa shape index (κ3) is 3.45. The van der Waals surface area contributed by atoms with Crippen molar-refractivity contribution in [1.29, 1.82) is 5.26 Å². The van der Waals surface area contributed by atoms with Crippen LogP contribution in [0.5, 0.6) is 0 Å². The lowest BCUT2D eigenvalue weighted by Gasteiger charge is -1.98. The lowest BCUT2D eigenvalue weighted by molar-refractivity contribution is 1.09. The van der Waals surface area contributed by atoms with Gasteiger partial charge in [-0.15, -0.1) is 11.3 Å². The lowest BCUT2D eigenvalue weighted by Crippen LogP contribution is -1.93. The minimum absolute atomic E-state index is 0.583. The Hall–Kier alpha value is -1.21. The Labute approximate surface area is 95.9 Å². The maximum absolute atomic E-state index is 8.78. The Bertz CT molecular complexity index is 336. The molecule has 0 atom stereocenters. The second-order valence-electron chi connectivity index (χ2n) is 3.06. The molecule has 3 N–H and O–H groups in total. The molecule has 15 heavy (non-hydrogen) atoms. The van der Waals surface area contributed by atoms with Gasteiger partial charge in [0.25, 0.3) is 0 Å². The van der Waals surface area contributed by atoms with Crippen molar-refractivity contribution in [3.63, 3.8) is 0 Å². The monoisotopic (exact) mass is 225 g/mol. The van der Waals surface area contributed by atoms with Gasteiger partial charge >= 0.3 is 0 Å². The summed E-state index contributed by atoms with van der Waals surface area (Å²) in [5.74, 6) is 0. The Kier molecular flexibility index (Phi) is 6.56. The summed E-state index contributed by atoms with van der Waals surface area (Å²) in [4.78, 5) is 1.14. The molecule has 0 bridgehead atoms. The van der Waals surface area contributed by atoms with Crippen molar-refractivity contribution in [2.24, 2.45) is 0 Å². The largest absolute Gasteiger partial charge is 0.389 e. The van der Waals surface area contributed by atoms with Crippen molar-refractivity contribution in [3.05, 3.63) is 10.4 Å². The van der Waals surface area contributed by atoms with Gasteiger partial charge in [0.2, 0.25) is 0 Å². The number of nitrogens with one attached hydrogen (secondary N) is 1. The van der Waals surface area contributed by atoms with Gasteiger partial charge in [0, 0.05) is 11.9 Å². The van der Waals surface area contributed by atoms with E-state index in [1.54, 1.807) is 0 Å². The van der Waals surface area contributed by atoms with Gasteiger partial charge in [-0.2, -0.15) is 5.26 Å². The van der Waals surface area contributed by atoms with Crippen molar-refractivity contribution in [2.45, 2.75) is 33.6 Å². The minimum Gasteiger partial charge on any atom is -0.389 e. The zero-order chi connectivity index (χ0) is 11.8. The standard InChI is InChI=1S/C8H11N3S.C3H8/c1-3-6-7(11-2)5(4-9)8(10)12-6;1-3-2/h11H,3,10H2,1-2H3;3H2,1-2H3. The maximum Gasteiger partial charge on any atom is 0.109 e. The van der Waals surface area contributed by atoms with Crippen LogP contribution in [-0.2, 0) is 6.42 Å². The number of anilines is 2. The molecule has 0 aliphatic carbocycles. The smallest absolute Gasteiger partial charge is 0.109 e. The molecule has 3 nitrogen and oxygen atoms in total. The zero-order valence-corrected chi connectivity index (χ0v) is 10.7. The molecule has 0 radical (unpaired) electrons. The molecule has 0 saturated heterocycles. The average Bonchev–Trinajstić information content (AvgIpc) is 2.54. The normalized spacial score (nSPS) is 8.73. The zero-order valence-electron chi connectivity index (χ0n) is 9.85. The first-order chi connectivity index (χ1) is 7.15. The lowest BCUT2D eigenvalue weighted by atomic mass is 10.2. The summed E-state index contributed by atoms with van der Waals surface area (Å²) in [5, 5.41) is 12.4. The van der Waals surface area contributed by atoms with Crippen LogP contribution < -0.4 is 11.1 Å². The number of nitrogens with two attached hydrogens (primary N) is 1. The molecule has 84 valence electrons. The third-order valence-corrected chi connectivity index (χ3v) is 2.85. The molecule has 0 saturated carbocycles. The van der Waals surface area contributed by atoms with Crippen molar-refractivity contribution in [2.75, 3.05) is 18.1 Å². The molecule has 0 amide bonds. The average molecular weight is 225 g/mol. The topological polar surface area (TPSA) is 61.8 Å². The van der Waals surface area contributed by atoms with Gasteiger partial charge in [0.15, 0.2) is 0 Å². The molecule has 0 fully saturated rings. The summed E-state index contributed by atoms with van der Waals surface area (Å²) in [6, 6.07) is 2.09. The molecular weight excluding hydrogens is 206 g/mol. The summed E-state index contributed by atoms with van der Waals surface area (Å²) in [6.45, 7) is 6.30. The summed E-state index contributed by atoms with van der Waals surface area (Å²) in [5.41, 5.74) is 7.13. The maximum atomic E-state index is 8.78. The molecule has 1 heterocycles. The van der Waals surface area contributed by atoms with Crippen LogP contribution in [0.25, 0.3) is 0 Å². The summed E-state index contributed by atoms with van der Waals surface area (Å²) in [6.07, 6.45) is 2.16. The number of nitrogens with zero attached hydrogens (tertiary/aromatic N) is 1. The highest BCUT2D eigenvalue weighted by Crippen LogP contribution is 2.34. The van der Waals surface area contributed by atoms with Crippen molar-refractivity contribution < 1.29 is 0 Å². The highest BCUT2D eigenvalue weighted by atomic mass is 32.1. The molecule has 4 heteroatoms. The predicted octanol–water partition coefficient (Wildman–Crippen LogP) is 3.22. The number of nitriles is 1. The van der Waals surface area contributed by atoms with Gasteiger partial charge in [-0.1, -0.05) is 27.2 Å². The number of aryl methyl sites for hydroxylation is 1. The van der Waals surface area contributed by atoms with E-state index in [2.05, 4.69) is 25.2 Å². The fourth-order valence-electron chi connectivity index (χ4n) is 1.12. The third-order valence-electron chi connectivity index (χ3n) is 1.69. The van der Waals surface area contributed by atoms with E-state index in [0.717, 1.165) is 17.0 Å². The van der Waals surface area contributed by atoms with Crippen LogP contribution in [0.2, 0.25) is 0 Å². The SMILES string of the molecule is CCC.CCc1sc(N)c(C#N)c1NC. The molecule has 0 aliphatic heterocycles. The Morgan fingerprint density at radius 3 is 2.27 bits per heavy atom. The molecule has 1 aromatic rings. The molecule has 0 aliphatic rings. The molecule has 0 aromatic carbocycles. The van der Waals surface area contributed by atoms with Crippen LogP contribution in [0.1, 0.15) is 37.6 Å². The van der Waals surface area contributed by atoms with Gasteiger partial charge in [0.05, 0.1) is 5.69 Å². The fourth-order valence-corrected chi connectivity index (χ4v) is 2.09. The molecule has 0 unspecified atom stereocenters. The summed E-state index contributed by atoms with van der Waals surface area (Å²) >= 11 is 1.48. The van der Waals surface area contributed by atoms with E-state index in [1.165, 1.54) is 17.8 Å². The predicted molar refractivity (Wildman–Crippen MR) is 68.3 cm³/mol. The van der Waals surface area contributed by atoms with Gasteiger partial charge in [0.1, 0.15) is 16.6 Å². The van der Waals surface area contributed by atoms with E-state index in [-0.39, 0.29) is 0 Å². The first kappa shape index (κ1) is 13.8. The quantitative estimate of drug-likeness (QED) is 0.812.